The molecule has 5 heteroatoms. The standard InChI is InChI=1S/C13H20N2O2S/c1-10(2)12-9-15(5-7-18-12)13(16)14-8-11-4-3-6-17-11/h3-4,6,10,12H,5,7-9H2,1-2H3,(H,14,16). The largest absolute Gasteiger partial charge is 0.467 e. The van der Waals surface area contributed by atoms with E-state index in [1.807, 2.05) is 28.8 Å². The maximum absolute atomic E-state index is 12.0. The molecule has 0 saturated carbocycles. The molecule has 4 nitrogen and oxygen atoms in total. The first kappa shape index (κ1) is 13.3. The first-order valence-corrected chi connectivity index (χ1v) is 7.38. The fourth-order valence-electron chi connectivity index (χ4n) is 1.95. The molecule has 1 unspecified atom stereocenters. The molecular weight excluding hydrogens is 248 g/mol. The molecule has 18 heavy (non-hydrogen) atoms. The van der Waals surface area contributed by atoms with Crippen molar-refractivity contribution < 1.29 is 9.21 Å². The van der Waals surface area contributed by atoms with E-state index in [4.69, 9.17) is 4.42 Å². The van der Waals surface area contributed by atoms with Crippen molar-refractivity contribution in [1.29, 1.82) is 0 Å². The summed E-state index contributed by atoms with van der Waals surface area (Å²) in [6, 6.07) is 3.70. The predicted molar refractivity (Wildman–Crippen MR) is 73.6 cm³/mol. The lowest BCUT2D eigenvalue weighted by Gasteiger charge is -2.34. The van der Waals surface area contributed by atoms with Crippen LogP contribution in [0.25, 0.3) is 0 Å². The lowest BCUT2D eigenvalue weighted by molar-refractivity contribution is 0.196. The second-order valence-electron chi connectivity index (χ2n) is 4.84. The highest BCUT2D eigenvalue weighted by atomic mass is 32.2. The van der Waals surface area contributed by atoms with Crippen LogP contribution in [0.4, 0.5) is 4.79 Å². The number of hydrogen-bond donors (Lipinski definition) is 1. The number of carbonyl (C=O) groups excluding carboxylic acids is 1. The first-order chi connectivity index (χ1) is 8.66. The van der Waals surface area contributed by atoms with Crippen LogP contribution in [-0.4, -0.2) is 35.0 Å². The van der Waals surface area contributed by atoms with Gasteiger partial charge in [0.25, 0.3) is 0 Å². The summed E-state index contributed by atoms with van der Waals surface area (Å²) < 4.78 is 5.19. The van der Waals surface area contributed by atoms with Crippen LogP contribution in [0.2, 0.25) is 0 Å². The summed E-state index contributed by atoms with van der Waals surface area (Å²) >= 11 is 1.97. The van der Waals surface area contributed by atoms with Crippen molar-refractivity contribution in [3.63, 3.8) is 0 Å². The minimum Gasteiger partial charge on any atom is -0.467 e. The summed E-state index contributed by atoms with van der Waals surface area (Å²) in [6.45, 7) is 6.55. The number of urea groups is 1. The van der Waals surface area contributed by atoms with E-state index >= 15 is 0 Å². The van der Waals surface area contributed by atoms with Gasteiger partial charge in [0, 0.05) is 24.1 Å². The highest BCUT2D eigenvalue weighted by Crippen LogP contribution is 2.24. The van der Waals surface area contributed by atoms with Gasteiger partial charge in [0.1, 0.15) is 5.76 Å². The lowest BCUT2D eigenvalue weighted by atomic mass is 10.1. The number of thioether (sulfide) groups is 1. The van der Waals surface area contributed by atoms with Crippen LogP contribution < -0.4 is 5.32 Å². The fourth-order valence-corrected chi connectivity index (χ4v) is 3.25. The van der Waals surface area contributed by atoms with Crippen molar-refractivity contribution in [1.82, 2.24) is 10.2 Å². The van der Waals surface area contributed by atoms with E-state index in [0.717, 1.165) is 24.6 Å². The number of hydrogen-bond acceptors (Lipinski definition) is 3. The third kappa shape index (κ3) is 3.45. The van der Waals surface area contributed by atoms with Gasteiger partial charge in [-0.1, -0.05) is 13.8 Å². The molecule has 1 N–H and O–H groups in total. The van der Waals surface area contributed by atoms with E-state index in [0.29, 0.717) is 17.7 Å². The Kier molecular flexibility index (Phi) is 4.58. The van der Waals surface area contributed by atoms with Crippen LogP contribution >= 0.6 is 11.8 Å². The SMILES string of the molecule is CC(C)C1CN(C(=O)NCc2ccco2)CCS1. The third-order valence-corrected chi connectivity index (χ3v) is 4.66. The van der Waals surface area contributed by atoms with Crippen molar-refractivity contribution >= 4 is 17.8 Å². The number of rotatable bonds is 3. The van der Waals surface area contributed by atoms with Gasteiger partial charge in [0.05, 0.1) is 12.8 Å². The van der Waals surface area contributed by atoms with Gasteiger partial charge in [-0.3, -0.25) is 0 Å². The Bertz CT molecular complexity index is 378. The quantitative estimate of drug-likeness (QED) is 0.916. The Balaban J connectivity index is 1.81. The van der Waals surface area contributed by atoms with Crippen LogP contribution in [0, 0.1) is 5.92 Å². The molecule has 2 amide bonds. The van der Waals surface area contributed by atoms with E-state index < -0.39 is 0 Å². The zero-order chi connectivity index (χ0) is 13.0. The molecule has 1 saturated heterocycles. The minimum atomic E-state index is 0.0114. The van der Waals surface area contributed by atoms with Gasteiger partial charge in [0.2, 0.25) is 0 Å². The third-order valence-electron chi connectivity index (χ3n) is 3.12. The average Bonchev–Trinajstić information content (AvgIpc) is 2.89. The molecule has 2 rings (SSSR count). The number of furan rings is 1. The van der Waals surface area contributed by atoms with Gasteiger partial charge in [-0.05, 0) is 18.1 Å². The second kappa shape index (κ2) is 6.18. The van der Waals surface area contributed by atoms with Crippen LogP contribution in [0.1, 0.15) is 19.6 Å². The number of carbonyl (C=O) groups is 1. The summed E-state index contributed by atoms with van der Waals surface area (Å²) in [5.41, 5.74) is 0. The van der Waals surface area contributed by atoms with Gasteiger partial charge in [-0.25, -0.2) is 4.79 Å². The Morgan fingerprint density at radius 3 is 3.17 bits per heavy atom. The normalized spacial score (nSPS) is 20.2. The molecule has 0 bridgehead atoms. The monoisotopic (exact) mass is 268 g/mol. The average molecular weight is 268 g/mol. The van der Waals surface area contributed by atoms with Gasteiger partial charge in [-0.15, -0.1) is 0 Å². The predicted octanol–water partition coefficient (Wildman–Crippen LogP) is 2.56. The molecule has 0 aromatic carbocycles. The molecule has 2 heterocycles. The Morgan fingerprint density at radius 1 is 1.67 bits per heavy atom. The van der Waals surface area contributed by atoms with Crippen molar-refractivity contribution in [3.8, 4) is 0 Å². The van der Waals surface area contributed by atoms with Crippen molar-refractivity contribution in [2.24, 2.45) is 5.92 Å². The van der Waals surface area contributed by atoms with E-state index in [1.165, 1.54) is 0 Å². The van der Waals surface area contributed by atoms with Crippen LogP contribution in [0.15, 0.2) is 22.8 Å². The van der Waals surface area contributed by atoms with Crippen LogP contribution in [0.5, 0.6) is 0 Å². The van der Waals surface area contributed by atoms with Crippen LogP contribution in [-0.2, 0) is 6.54 Å². The minimum absolute atomic E-state index is 0.0114. The van der Waals surface area contributed by atoms with E-state index in [1.54, 1.807) is 6.26 Å². The van der Waals surface area contributed by atoms with E-state index in [-0.39, 0.29) is 6.03 Å². The van der Waals surface area contributed by atoms with E-state index in [9.17, 15) is 4.79 Å². The number of nitrogens with one attached hydrogen (secondary N) is 1. The van der Waals surface area contributed by atoms with Crippen molar-refractivity contribution in [3.05, 3.63) is 24.2 Å². The fraction of sp³-hybridized carbons (Fsp3) is 0.615. The van der Waals surface area contributed by atoms with E-state index in [2.05, 4.69) is 19.2 Å². The molecule has 1 atom stereocenters. The molecular formula is C13H20N2O2S. The maximum atomic E-state index is 12.0. The summed E-state index contributed by atoms with van der Waals surface area (Å²) in [5, 5.41) is 3.45. The molecule has 0 radical (unpaired) electrons. The number of nitrogens with zero attached hydrogens (tertiary/aromatic N) is 1. The van der Waals surface area contributed by atoms with Gasteiger partial charge < -0.3 is 14.6 Å². The molecule has 1 fully saturated rings. The maximum Gasteiger partial charge on any atom is 0.317 e. The van der Waals surface area contributed by atoms with Gasteiger partial charge in [0.15, 0.2) is 0 Å². The van der Waals surface area contributed by atoms with Crippen molar-refractivity contribution in [2.45, 2.75) is 25.6 Å². The molecule has 1 aromatic rings. The smallest absolute Gasteiger partial charge is 0.317 e. The highest BCUT2D eigenvalue weighted by molar-refractivity contribution is 8.00. The molecule has 1 aliphatic heterocycles. The molecule has 0 spiro atoms. The topological polar surface area (TPSA) is 45.5 Å². The molecule has 1 aromatic heterocycles. The van der Waals surface area contributed by atoms with Crippen LogP contribution in [0.3, 0.4) is 0 Å². The lowest BCUT2D eigenvalue weighted by Crippen LogP contribution is -2.47. The Morgan fingerprint density at radius 2 is 2.50 bits per heavy atom. The summed E-state index contributed by atoms with van der Waals surface area (Å²) in [4.78, 5) is 13.9. The molecule has 0 aliphatic carbocycles. The zero-order valence-electron chi connectivity index (χ0n) is 10.9. The number of amides is 2. The summed E-state index contributed by atoms with van der Waals surface area (Å²) in [6.07, 6.45) is 1.62. The highest BCUT2D eigenvalue weighted by Gasteiger charge is 2.25. The van der Waals surface area contributed by atoms with Crippen molar-refractivity contribution in [2.75, 3.05) is 18.8 Å². The first-order valence-electron chi connectivity index (χ1n) is 6.33. The summed E-state index contributed by atoms with van der Waals surface area (Å²) in [5.74, 6) is 2.42. The second-order valence-corrected chi connectivity index (χ2v) is 6.18. The molecule has 100 valence electrons. The zero-order valence-corrected chi connectivity index (χ0v) is 11.7. The van der Waals surface area contributed by atoms with Gasteiger partial charge >= 0.3 is 6.03 Å². The Labute approximate surface area is 112 Å². The molecule has 1 aliphatic rings. The summed E-state index contributed by atoms with van der Waals surface area (Å²) in [7, 11) is 0. The van der Waals surface area contributed by atoms with Gasteiger partial charge in [-0.2, -0.15) is 11.8 Å². The Hall–Kier alpha value is -1.10.